The lowest BCUT2D eigenvalue weighted by Crippen LogP contribution is -2.42. The van der Waals surface area contributed by atoms with Gasteiger partial charge in [0.25, 0.3) is 5.56 Å². The van der Waals surface area contributed by atoms with Crippen LogP contribution in [-0.4, -0.2) is 58.5 Å². The summed E-state index contributed by atoms with van der Waals surface area (Å²) in [6.45, 7) is 3.53. The van der Waals surface area contributed by atoms with E-state index in [-0.39, 0.29) is 12.1 Å². The SMILES string of the molecule is O=c1c2ccc(F)cc2ncn1C[C@@H](O)CN1CCOCC1. The number of benzene rings is 1. The number of rotatable bonds is 4. The van der Waals surface area contributed by atoms with Gasteiger partial charge in [0, 0.05) is 25.7 Å². The molecule has 1 aliphatic rings. The fraction of sp³-hybridized carbons (Fsp3) is 0.467. The van der Waals surface area contributed by atoms with Gasteiger partial charge in [-0.1, -0.05) is 0 Å². The molecule has 6 nitrogen and oxygen atoms in total. The molecule has 1 aromatic carbocycles. The Kier molecular flexibility index (Phi) is 4.47. The summed E-state index contributed by atoms with van der Waals surface area (Å²) in [5.41, 5.74) is 0.0509. The zero-order valence-electron chi connectivity index (χ0n) is 12.1. The van der Waals surface area contributed by atoms with Crippen molar-refractivity contribution in [2.45, 2.75) is 12.6 Å². The first kappa shape index (κ1) is 15.1. The van der Waals surface area contributed by atoms with Crippen molar-refractivity contribution in [1.29, 1.82) is 0 Å². The Hall–Kier alpha value is -1.83. The van der Waals surface area contributed by atoms with Crippen molar-refractivity contribution in [2.75, 3.05) is 32.8 Å². The van der Waals surface area contributed by atoms with Crippen LogP contribution in [0, 0.1) is 5.82 Å². The van der Waals surface area contributed by atoms with E-state index in [2.05, 4.69) is 9.88 Å². The van der Waals surface area contributed by atoms with Gasteiger partial charge in [-0.15, -0.1) is 0 Å². The quantitative estimate of drug-likeness (QED) is 0.876. The second-order valence-electron chi connectivity index (χ2n) is 5.43. The molecule has 0 radical (unpaired) electrons. The molecule has 1 saturated heterocycles. The number of hydrogen-bond acceptors (Lipinski definition) is 5. The molecule has 1 aliphatic heterocycles. The van der Waals surface area contributed by atoms with E-state index in [1.165, 1.54) is 29.1 Å². The molecule has 1 N–H and O–H groups in total. The summed E-state index contributed by atoms with van der Waals surface area (Å²) in [6.07, 6.45) is 0.683. The van der Waals surface area contributed by atoms with Gasteiger partial charge in [-0.3, -0.25) is 14.3 Å². The van der Waals surface area contributed by atoms with Crippen molar-refractivity contribution in [3.8, 4) is 0 Å². The van der Waals surface area contributed by atoms with Crippen molar-refractivity contribution in [2.24, 2.45) is 0 Å². The minimum Gasteiger partial charge on any atom is -0.390 e. The van der Waals surface area contributed by atoms with Crippen molar-refractivity contribution in [3.63, 3.8) is 0 Å². The van der Waals surface area contributed by atoms with E-state index < -0.39 is 11.9 Å². The summed E-state index contributed by atoms with van der Waals surface area (Å²) in [7, 11) is 0. The van der Waals surface area contributed by atoms with Crippen molar-refractivity contribution in [1.82, 2.24) is 14.5 Å². The molecule has 7 heteroatoms. The number of halogens is 1. The van der Waals surface area contributed by atoms with E-state index in [9.17, 15) is 14.3 Å². The van der Waals surface area contributed by atoms with Crippen LogP contribution in [0.4, 0.5) is 4.39 Å². The lowest BCUT2D eigenvalue weighted by atomic mass is 10.2. The van der Waals surface area contributed by atoms with Crippen molar-refractivity contribution >= 4 is 10.9 Å². The average Bonchev–Trinajstić information content (AvgIpc) is 2.51. The maximum Gasteiger partial charge on any atom is 0.261 e. The molecule has 0 amide bonds. The fourth-order valence-electron chi connectivity index (χ4n) is 2.63. The fourth-order valence-corrected chi connectivity index (χ4v) is 2.63. The molecule has 1 fully saturated rings. The lowest BCUT2D eigenvalue weighted by Gasteiger charge is -2.28. The number of nitrogens with zero attached hydrogens (tertiary/aromatic N) is 3. The van der Waals surface area contributed by atoms with Gasteiger partial charge in [0.1, 0.15) is 5.82 Å². The summed E-state index contributed by atoms with van der Waals surface area (Å²) in [6, 6.07) is 3.88. The van der Waals surface area contributed by atoms with Crippen LogP contribution in [0.1, 0.15) is 0 Å². The Bertz CT molecular complexity index is 713. The molecule has 0 bridgehead atoms. The largest absolute Gasteiger partial charge is 0.390 e. The smallest absolute Gasteiger partial charge is 0.261 e. The molecule has 118 valence electrons. The number of aromatic nitrogens is 2. The van der Waals surface area contributed by atoms with E-state index in [0.29, 0.717) is 30.7 Å². The van der Waals surface area contributed by atoms with Gasteiger partial charge in [0.05, 0.1) is 43.1 Å². The van der Waals surface area contributed by atoms with E-state index >= 15 is 0 Å². The average molecular weight is 307 g/mol. The number of aliphatic hydroxyl groups is 1. The van der Waals surface area contributed by atoms with Gasteiger partial charge in [-0.25, -0.2) is 9.37 Å². The van der Waals surface area contributed by atoms with E-state index in [1.54, 1.807) is 0 Å². The Morgan fingerprint density at radius 2 is 2.09 bits per heavy atom. The first-order valence-corrected chi connectivity index (χ1v) is 7.26. The Morgan fingerprint density at radius 1 is 1.32 bits per heavy atom. The van der Waals surface area contributed by atoms with Gasteiger partial charge in [0.15, 0.2) is 0 Å². The van der Waals surface area contributed by atoms with Crippen LogP contribution in [0.5, 0.6) is 0 Å². The summed E-state index contributed by atoms with van der Waals surface area (Å²) < 4.78 is 19.8. The van der Waals surface area contributed by atoms with Gasteiger partial charge in [-0.2, -0.15) is 0 Å². The number of fused-ring (bicyclic) bond motifs is 1. The predicted molar refractivity (Wildman–Crippen MR) is 79.2 cm³/mol. The van der Waals surface area contributed by atoms with Crippen LogP contribution >= 0.6 is 0 Å². The minimum absolute atomic E-state index is 0.163. The van der Waals surface area contributed by atoms with Gasteiger partial charge in [-0.05, 0) is 12.1 Å². The highest BCUT2D eigenvalue weighted by molar-refractivity contribution is 5.77. The third kappa shape index (κ3) is 3.32. The molecule has 1 atom stereocenters. The second kappa shape index (κ2) is 6.51. The molecule has 1 aromatic heterocycles. The third-order valence-corrected chi connectivity index (χ3v) is 3.77. The number of β-amino-alcohol motifs (C(OH)–C–C–N with tert-alkyl or cyclic N) is 1. The molecule has 2 heterocycles. The summed E-state index contributed by atoms with van der Waals surface area (Å²) in [5.74, 6) is -0.426. The van der Waals surface area contributed by atoms with Crippen LogP contribution in [0.3, 0.4) is 0 Å². The highest BCUT2D eigenvalue weighted by Gasteiger charge is 2.16. The van der Waals surface area contributed by atoms with Gasteiger partial charge in [0.2, 0.25) is 0 Å². The summed E-state index contributed by atoms with van der Waals surface area (Å²) in [5, 5.41) is 10.5. The van der Waals surface area contributed by atoms with E-state index in [1.807, 2.05) is 0 Å². The summed E-state index contributed by atoms with van der Waals surface area (Å²) in [4.78, 5) is 18.5. The zero-order chi connectivity index (χ0) is 15.5. The zero-order valence-corrected chi connectivity index (χ0v) is 12.1. The number of aliphatic hydroxyl groups excluding tert-OH is 1. The predicted octanol–water partition coefficient (Wildman–Crippen LogP) is 0.229. The lowest BCUT2D eigenvalue weighted by molar-refractivity contribution is 0.0113. The highest BCUT2D eigenvalue weighted by atomic mass is 19.1. The molecule has 0 aliphatic carbocycles. The first-order chi connectivity index (χ1) is 10.6. The summed E-state index contributed by atoms with van der Waals surface area (Å²) >= 11 is 0. The maximum atomic E-state index is 13.1. The first-order valence-electron chi connectivity index (χ1n) is 7.26. The molecular formula is C15H18FN3O3. The standard InChI is InChI=1S/C15H18FN3O3/c16-11-1-2-13-14(7-11)17-10-19(15(13)21)9-12(20)8-18-3-5-22-6-4-18/h1-2,7,10,12,20H,3-6,8-9H2/t12-/m0/s1. The Morgan fingerprint density at radius 3 is 2.86 bits per heavy atom. The van der Waals surface area contributed by atoms with Gasteiger partial charge < -0.3 is 9.84 Å². The van der Waals surface area contributed by atoms with Crippen LogP contribution in [-0.2, 0) is 11.3 Å². The third-order valence-electron chi connectivity index (χ3n) is 3.77. The second-order valence-corrected chi connectivity index (χ2v) is 5.43. The van der Waals surface area contributed by atoms with E-state index in [4.69, 9.17) is 4.74 Å². The van der Waals surface area contributed by atoms with E-state index in [0.717, 1.165) is 13.1 Å². The van der Waals surface area contributed by atoms with Crippen LogP contribution in [0.15, 0.2) is 29.3 Å². The minimum atomic E-state index is -0.671. The van der Waals surface area contributed by atoms with Crippen molar-refractivity contribution < 1.29 is 14.2 Å². The maximum absolute atomic E-state index is 13.1. The molecule has 0 spiro atoms. The van der Waals surface area contributed by atoms with Crippen LogP contribution in [0.2, 0.25) is 0 Å². The molecule has 3 rings (SSSR count). The Balaban J connectivity index is 1.74. The van der Waals surface area contributed by atoms with Crippen molar-refractivity contribution in [3.05, 3.63) is 40.7 Å². The topological polar surface area (TPSA) is 67.6 Å². The van der Waals surface area contributed by atoms with Crippen LogP contribution in [0.25, 0.3) is 10.9 Å². The molecule has 22 heavy (non-hydrogen) atoms. The normalized spacial score (nSPS) is 17.7. The molecule has 2 aromatic rings. The molecule has 0 unspecified atom stereocenters. The Labute approximate surface area is 126 Å². The molecular weight excluding hydrogens is 289 g/mol. The number of hydrogen-bond donors (Lipinski definition) is 1. The highest BCUT2D eigenvalue weighted by Crippen LogP contribution is 2.09. The molecule has 0 saturated carbocycles. The van der Waals surface area contributed by atoms with Gasteiger partial charge >= 0.3 is 0 Å². The van der Waals surface area contributed by atoms with Crippen LogP contribution < -0.4 is 5.56 Å². The monoisotopic (exact) mass is 307 g/mol. The number of morpholine rings is 1. The number of ether oxygens (including phenoxy) is 1.